The molecule has 2 aromatic rings. The Bertz CT molecular complexity index is 751. The summed E-state index contributed by atoms with van der Waals surface area (Å²) in [7, 11) is 0. The van der Waals surface area contributed by atoms with Crippen LogP contribution in [0.25, 0.3) is 0 Å². The van der Waals surface area contributed by atoms with Crippen LogP contribution in [0.5, 0.6) is 0 Å². The first kappa shape index (κ1) is 19.6. The second-order valence-corrected chi connectivity index (χ2v) is 7.55. The van der Waals surface area contributed by atoms with Gasteiger partial charge in [0.05, 0.1) is 0 Å². The van der Waals surface area contributed by atoms with Crippen molar-refractivity contribution in [2.24, 2.45) is 0 Å². The highest BCUT2D eigenvalue weighted by molar-refractivity contribution is 7.80. The average molecular weight is 399 g/mol. The fraction of sp³-hybridized carbons (Fsp3) is 0.333. The van der Waals surface area contributed by atoms with Gasteiger partial charge in [0.25, 0.3) is 0 Å². The summed E-state index contributed by atoms with van der Waals surface area (Å²) < 4.78 is 0. The Morgan fingerprint density at radius 1 is 0.852 bits per heavy atom. The van der Waals surface area contributed by atoms with Crippen LogP contribution in [0.4, 0.5) is 0 Å². The number of nitrogens with one attached hydrogen (secondary N) is 2. The summed E-state index contributed by atoms with van der Waals surface area (Å²) in [5.74, 6) is 0. The zero-order valence-electron chi connectivity index (χ0n) is 15.6. The van der Waals surface area contributed by atoms with Crippen molar-refractivity contribution in [3.05, 3.63) is 71.8 Å². The van der Waals surface area contributed by atoms with E-state index in [1.165, 1.54) is 11.1 Å². The number of nitrogens with zero attached hydrogens (tertiary/aromatic N) is 2. The highest BCUT2D eigenvalue weighted by Gasteiger charge is 2.26. The van der Waals surface area contributed by atoms with Crippen molar-refractivity contribution < 1.29 is 0 Å². The van der Waals surface area contributed by atoms with E-state index in [9.17, 15) is 0 Å². The number of benzene rings is 2. The predicted molar refractivity (Wildman–Crippen MR) is 120 cm³/mol. The molecule has 0 radical (unpaired) electrons. The minimum atomic E-state index is 0.311. The van der Waals surface area contributed by atoms with E-state index in [-0.39, 0.29) is 0 Å². The highest BCUT2D eigenvalue weighted by atomic mass is 32.1. The van der Waals surface area contributed by atoms with Crippen LogP contribution in [0, 0.1) is 0 Å². The van der Waals surface area contributed by atoms with Gasteiger partial charge in [0.1, 0.15) is 0 Å². The Hall–Kier alpha value is -2.18. The molecule has 142 valence electrons. The lowest BCUT2D eigenvalue weighted by atomic mass is 10.2. The van der Waals surface area contributed by atoms with Gasteiger partial charge in [-0.3, -0.25) is 0 Å². The summed E-state index contributed by atoms with van der Waals surface area (Å²) in [6.45, 7) is 6.32. The third-order valence-corrected chi connectivity index (χ3v) is 5.53. The normalized spacial score (nSPS) is 16.7. The van der Waals surface area contributed by atoms with Gasteiger partial charge in [0.15, 0.2) is 10.2 Å². The molecular formula is C21H26N4S2. The SMILES string of the molecule is CC1CN(C(=S)NCc2ccccc2)CCN1C(=S)NCc1ccccc1. The van der Waals surface area contributed by atoms with Gasteiger partial charge in [-0.2, -0.15) is 0 Å². The Balaban J connectivity index is 1.45. The van der Waals surface area contributed by atoms with Gasteiger partial charge in [-0.25, -0.2) is 0 Å². The van der Waals surface area contributed by atoms with Crippen LogP contribution in [-0.2, 0) is 13.1 Å². The van der Waals surface area contributed by atoms with E-state index in [0.29, 0.717) is 6.04 Å². The predicted octanol–water partition coefficient (Wildman–Crippen LogP) is 3.14. The first-order valence-corrected chi connectivity index (χ1v) is 10.1. The van der Waals surface area contributed by atoms with Crippen molar-refractivity contribution >= 4 is 34.7 Å². The van der Waals surface area contributed by atoms with Gasteiger partial charge in [0.2, 0.25) is 0 Å². The monoisotopic (exact) mass is 398 g/mol. The number of hydrogen-bond donors (Lipinski definition) is 2. The van der Waals surface area contributed by atoms with Crippen LogP contribution < -0.4 is 10.6 Å². The Morgan fingerprint density at radius 3 is 1.89 bits per heavy atom. The second kappa shape index (κ2) is 9.67. The van der Waals surface area contributed by atoms with Crippen LogP contribution in [0.1, 0.15) is 18.1 Å². The lowest BCUT2D eigenvalue weighted by molar-refractivity contribution is 0.193. The number of thiocarbonyl (C=S) groups is 2. The van der Waals surface area contributed by atoms with E-state index in [4.69, 9.17) is 24.4 Å². The maximum absolute atomic E-state index is 5.62. The molecule has 6 heteroatoms. The van der Waals surface area contributed by atoms with Gasteiger partial charge >= 0.3 is 0 Å². The molecule has 0 aromatic heterocycles. The average Bonchev–Trinajstić information content (AvgIpc) is 2.71. The first-order valence-electron chi connectivity index (χ1n) is 9.28. The molecule has 0 saturated carbocycles. The maximum Gasteiger partial charge on any atom is 0.169 e. The summed E-state index contributed by atoms with van der Waals surface area (Å²) in [6.07, 6.45) is 0. The molecule has 1 heterocycles. The third kappa shape index (κ3) is 5.65. The van der Waals surface area contributed by atoms with Crippen molar-refractivity contribution in [3.63, 3.8) is 0 Å². The zero-order chi connectivity index (χ0) is 19.1. The van der Waals surface area contributed by atoms with Gasteiger partial charge in [-0.15, -0.1) is 0 Å². The molecule has 1 aliphatic heterocycles. The first-order chi connectivity index (χ1) is 13.1. The lowest BCUT2D eigenvalue weighted by Crippen LogP contribution is -2.58. The van der Waals surface area contributed by atoms with Crippen LogP contribution in [0.2, 0.25) is 0 Å². The fourth-order valence-electron chi connectivity index (χ4n) is 3.20. The van der Waals surface area contributed by atoms with Crippen LogP contribution in [0.15, 0.2) is 60.7 Å². The zero-order valence-corrected chi connectivity index (χ0v) is 17.2. The Kier molecular flexibility index (Phi) is 7.01. The Labute approximate surface area is 172 Å². The summed E-state index contributed by atoms with van der Waals surface area (Å²) in [4.78, 5) is 4.49. The van der Waals surface area contributed by atoms with Crippen molar-refractivity contribution in [2.75, 3.05) is 19.6 Å². The molecular weight excluding hydrogens is 372 g/mol. The van der Waals surface area contributed by atoms with Gasteiger partial charge < -0.3 is 20.4 Å². The smallest absolute Gasteiger partial charge is 0.169 e. The molecule has 0 aliphatic carbocycles. The van der Waals surface area contributed by atoms with E-state index in [1.54, 1.807) is 0 Å². The molecule has 0 amide bonds. The van der Waals surface area contributed by atoms with E-state index in [1.807, 2.05) is 36.4 Å². The van der Waals surface area contributed by atoms with E-state index >= 15 is 0 Å². The molecule has 4 nitrogen and oxygen atoms in total. The van der Waals surface area contributed by atoms with E-state index in [0.717, 1.165) is 42.9 Å². The molecule has 2 N–H and O–H groups in total. The van der Waals surface area contributed by atoms with Gasteiger partial charge in [0, 0.05) is 38.8 Å². The van der Waals surface area contributed by atoms with Crippen molar-refractivity contribution in [1.29, 1.82) is 0 Å². The molecule has 1 aliphatic rings. The van der Waals surface area contributed by atoms with Crippen molar-refractivity contribution in [2.45, 2.75) is 26.1 Å². The minimum Gasteiger partial charge on any atom is -0.358 e. The Morgan fingerprint density at radius 2 is 1.37 bits per heavy atom. The van der Waals surface area contributed by atoms with Crippen molar-refractivity contribution in [3.8, 4) is 0 Å². The lowest BCUT2D eigenvalue weighted by Gasteiger charge is -2.42. The molecule has 0 bridgehead atoms. The molecule has 0 spiro atoms. The van der Waals surface area contributed by atoms with Crippen LogP contribution in [0.3, 0.4) is 0 Å². The van der Waals surface area contributed by atoms with Crippen LogP contribution >= 0.6 is 24.4 Å². The van der Waals surface area contributed by atoms with E-state index < -0.39 is 0 Å². The summed E-state index contributed by atoms with van der Waals surface area (Å²) in [5.41, 5.74) is 2.47. The summed E-state index contributed by atoms with van der Waals surface area (Å²) in [6, 6.07) is 21.0. The summed E-state index contributed by atoms with van der Waals surface area (Å²) >= 11 is 11.2. The minimum absolute atomic E-state index is 0.311. The molecule has 1 unspecified atom stereocenters. The standard InChI is InChI=1S/C21H26N4S2/c1-17-16-24(20(26)22-14-18-8-4-2-5-9-18)12-13-25(17)21(27)23-15-19-10-6-3-7-11-19/h2-11,17H,12-16H2,1H3,(H,22,26)(H,23,27). The summed E-state index contributed by atoms with van der Waals surface area (Å²) in [5, 5.41) is 8.38. The molecule has 27 heavy (non-hydrogen) atoms. The third-order valence-electron chi connectivity index (χ3n) is 4.75. The molecule has 2 aromatic carbocycles. The maximum atomic E-state index is 5.62. The number of piperazine rings is 1. The number of rotatable bonds is 4. The highest BCUT2D eigenvalue weighted by Crippen LogP contribution is 2.11. The van der Waals surface area contributed by atoms with E-state index in [2.05, 4.69) is 51.6 Å². The molecule has 1 saturated heterocycles. The fourth-order valence-corrected chi connectivity index (χ4v) is 3.79. The van der Waals surface area contributed by atoms with Gasteiger partial charge in [-0.1, -0.05) is 60.7 Å². The number of hydrogen-bond acceptors (Lipinski definition) is 2. The quantitative estimate of drug-likeness (QED) is 0.770. The second-order valence-electron chi connectivity index (χ2n) is 6.78. The molecule has 1 fully saturated rings. The molecule has 3 rings (SSSR count). The molecule has 1 atom stereocenters. The topological polar surface area (TPSA) is 30.5 Å². The van der Waals surface area contributed by atoms with Gasteiger partial charge in [-0.05, 0) is 42.5 Å². The largest absolute Gasteiger partial charge is 0.358 e. The van der Waals surface area contributed by atoms with Crippen molar-refractivity contribution in [1.82, 2.24) is 20.4 Å². The van der Waals surface area contributed by atoms with Crippen LogP contribution in [-0.4, -0.2) is 45.7 Å².